The van der Waals surface area contributed by atoms with Crippen LogP contribution in [0, 0.1) is 12.3 Å². The molecule has 13 nitrogen and oxygen atoms in total. The van der Waals surface area contributed by atoms with E-state index in [-0.39, 0.29) is 43.8 Å². The van der Waals surface area contributed by atoms with Crippen LogP contribution in [0.15, 0.2) is 90.6 Å². The summed E-state index contributed by atoms with van der Waals surface area (Å²) in [6.45, 7) is 12.3. The number of nitrogens with zero attached hydrogens (tertiary/aromatic N) is 3. The Balaban J connectivity index is 1.01. The van der Waals surface area contributed by atoms with Crippen LogP contribution < -0.4 is 10.6 Å². The van der Waals surface area contributed by atoms with Crippen molar-refractivity contribution in [2.45, 2.75) is 90.9 Å². The molecule has 3 aromatic carbocycles. The number of para-hydroxylation sites is 1. The average molecular weight is 879 g/mol. The molecule has 5 N–H and O–H groups in total. The van der Waals surface area contributed by atoms with E-state index in [9.17, 15) is 24.6 Å². The fraction of sp³-hybridized carbons (Fsp3) is 0.429. The number of aliphatic hydroxyl groups excluding tert-OH is 2. The van der Waals surface area contributed by atoms with Crippen molar-refractivity contribution in [3.63, 3.8) is 0 Å². The minimum absolute atomic E-state index is 0.0540. The number of likely N-dealkylation sites (tertiary alicyclic amines) is 1. The molecule has 1 unspecified atom stereocenters. The molecule has 1 saturated heterocycles. The number of carbonyl (C=O) groups is 3. The van der Waals surface area contributed by atoms with Gasteiger partial charge in [-0.3, -0.25) is 19.8 Å². The SMILES string of the molecule is COC(=O)/C=C/c1ccc(CN(CCOCCC(=O)N[C@H](C(=O)N2C[C@H](O)CC2[C@H](O)N[C@@H](C)c2ccc(-c3scnc3C)cc2)C(C)(C)C)CCc2c[nH]c3ccccc23)cc1. The predicted molar refractivity (Wildman–Crippen MR) is 248 cm³/mol. The first-order valence-electron chi connectivity index (χ1n) is 21.6. The second kappa shape index (κ2) is 21.9. The number of aromatic nitrogens is 2. The van der Waals surface area contributed by atoms with E-state index in [1.165, 1.54) is 29.0 Å². The first-order valence-corrected chi connectivity index (χ1v) is 22.5. The molecule has 5 aromatic rings. The third-order valence-corrected chi connectivity index (χ3v) is 12.6. The standard InChI is InChI=1S/C49H62N6O7S/c1-32(36-16-18-37(19-17-36)45-33(2)51-31-63-45)52-47(59)42-27-39(56)30-55(42)48(60)46(49(3,4)5)53-43(57)22-25-62-26-24-54(23-21-38-28-50-41-10-8-7-9-40(38)41)29-35-13-11-34(12-14-35)15-20-44(58)61-6/h7-20,28,31-32,39,42,46-47,50,52,56,59H,21-27,29-30H2,1-6H3,(H,53,57)/b20-15+/t32-,39+,42?,46+,47-/m0/s1. The topological polar surface area (TPSA) is 169 Å². The number of amides is 2. The van der Waals surface area contributed by atoms with Crippen LogP contribution in [0.2, 0.25) is 0 Å². The molecule has 14 heteroatoms. The highest BCUT2D eigenvalue weighted by molar-refractivity contribution is 7.13. The molecule has 1 fully saturated rings. The Labute approximate surface area is 374 Å². The van der Waals surface area contributed by atoms with E-state index in [1.54, 1.807) is 17.4 Å². The van der Waals surface area contributed by atoms with Gasteiger partial charge in [0.15, 0.2) is 0 Å². The molecule has 0 spiro atoms. The van der Waals surface area contributed by atoms with Crippen LogP contribution in [0.1, 0.15) is 74.5 Å². The lowest BCUT2D eigenvalue weighted by Gasteiger charge is -2.37. The summed E-state index contributed by atoms with van der Waals surface area (Å²) in [5.74, 6) is -1.08. The minimum atomic E-state index is -1.12. The maximum atomic E-state index is 14.2. The lowest BCUT2D eigenvalue weighted by molar-refractivity contribution is -0.143. The first kappa shape index (κ1) is 47.3. The molecule has 1 aliphatic rings. The van der Waals surface area contributed by atoms with Crippen LogP contribution in [-0.2, 0) is 36.8 Å². The molecule has 3 heterocycles. The van der Waals surface area contributed by atoms with Gasteiger partial charge in [-0.25, -0.2) is 9.78 Å². The Morgan fingerprint density at radius 2 is 1.79 bits per heavy atom. The fourth-order valence-corrected chi connectivity index (χ4v) is 8.79. The highest BCUT2D eigenvalue weighted by Gasteiger charge is 2.44. The molecular formula is C49H62N6O7S. The van der Waals surface area contributed by atoms with E-state index in [4.69, 9.17) is 9.47 Å². The molecule has 336 valence electrons. The Morgan fingerprint density at radius 3 is 2.49 bits per heavy atom. The Kier molecular flexibility index (Phi) is 16.4. The Morgan fingerprint density at radius 1 is 1.05 bits per heavy atom. The monoisotopic (exact) mass is 878 g/mol. The van der Waals surface area contributed by atoms with E-state index in [0.29, 0.717) is 19.7 Å². The van der Waals surface area contributed by atoms with Gasteiger partial charge in [0.1, 0.15) is 12.3 Å². The molecule has 2 amide bonds. The number of hydrogen-bond donors (Lipinski definition) is 5. The van der Waals surface area contributed by atoms with E-state index in [1.807, 2.05) is 101 Å². The summed E-state index contributed by atoms with van der Waals surface area (Å²) in [6, 6.07) is 22.5. The molecule has 0 saturated carbocycles. The number of H-pyrrole nitrogens is 1. The number of carbonyl (C=O) groups excluding carboxylic acids is 3. The van der Waals surface area contributed by atoms with Gasteiger partial charge < -0.3 is 34.9 Å². The second-order valence-electron chi connectivity index (χ2n) is 17.4. The quantitative estimate of drug-likeness (QED) is 0.0256. The number of aryl methyl sites for hydroxylation is 1. The van der Waals surface area contributed by atoms with E-state index in [2.05, 4.69) is 43.8 Å². The van der Waals surface area contributed by atoms with Crippen molar-refractivity contribution in [1.82, 2.24) is 30.4 Å². The zero-order valence-electron chi connectivity index (χ0n) is 37.2. The summed E-state index contributed by atoms with van der Waals surface area (Å²) in [5.41, 5.74) is 8.54. The first-order chi connectivity index (χ1) is 30.2. The number of aliphatic hydroxyl groups is 2. The number of fused-ring (bicyclic) bond motifs is 1. The smallest absolute Gasteiger partial charge is 0.330 e. The second-order valence-corrected chi connectivity index (χ2v) is 18.2. The van der Waals surface area contributed by atoms with Crippen LogP contribution in [-0.4, -0.2) is 112 Å². The van der Waals surface area contributed by atoms with Gasteiger partial charge in [0.05, 0.1) is 48.6 Å². The number of nitrogens with one attached hydrogen (secondary N) is 3. The van der Waals surface area contributed by atoms with Crippen molar-refractivity contribution in [2.75, 3.05) is 40.0 Å². The molecule has 0 radical (unpaired) electrons. The maximum absolute atomic E-state index is 14.2. The zero-order valence-corrected chi connectivity index (χ0v) is 38.0. The fourth-order valence-electron chi connectivity index (χ4n) is 7.98. The Hall–Kier alpha value is -5.22. The van der Waals surface area contributed by atoms with Crippen molar-refractivity contribution in [2.24, 2.45) is 5.41 Å². The van der Waals surface area contributed by atoms with Gasteiger partial charge in [-0.15, -0.1) is 11.3 Å². The lowest BCUT2D eigenvalue weighted by Crippen LogP contribution is -2.58. The van der Waals surface area contributed by atoms with E-state index >= 15 is 0 Å². The van der Waals surface area contributed by atoms with Gasteiger partial charge in [0, 0.05) is 61.8 Å². The molecule has 6 rings (SSSR count). The molecule has 1 aliphatic heterocycles. The van der Waals surface area contributed by atoms with E-state index in [0.717, 1.165) is 51.3 Å². The van der Waals surface area contributed by atoms with Crippen molar-refractivity contribution in [1.29, 1.82) is 0 Å². The number of esters is 1. The van der Waals surface area contributed by atoms with Crippen molar-refractivity contribution in [3.8, 4) is 10.4 Å². The van der Waals surface area contributed by atoms with Gasteiger partial charge in [0.2, 0.25) is 11.8 Å². The van der Waals surface area contributed by atoms with Crippen molar-refractivity contribution in [3.05, 3.63) is 119 Å². The number of benzene rings is 3. The summed E-state index contributed by atoms with van der Waals surface area (Å²) in [7, 11) is 1.35. The molecule has 2 aromatic heterocycles. The highest BCUT2D eigenvalue weighted by atomic mass is 32.1. The van der Waals surface area contributed by atoms with Crippen LogP contribution in [0.4, 0.5) is 0 Å². The van der Waals surface area contributed by atoms with Gasteiger partial charge in [0.25, 0.3) is 0 Å². The maximum Gasteiger partial charge on any atom is 0.330 e. The number of aromatic amines is 1. The third-order valence-electron chi connectivity index (χ3n) is 11.6. The Bertz CT molecular complexity index is 2300. The summed E-state index contributed by atoms with van der Waals surface area (Å²) in [6.07, 6.45) is 4.34. The summed E-state index contributed by atoms with van der Waals surface area (Å²) in [4.78, 5) is 51.8. The van der Waals surface area contributed by atoms with Gasteiger partial charge in [-0.2, -0.15) is 0 Å². The van der Waals surface area contributed by atoms with Crippen LogP contribution in [0.5, 0.6) is 0 Å². The third kappa shape index (κ3) is 12.9. The zero-order chi connectivity index (χ0) is 45.1. The van der Waals surface area contributed by atoms with Crippen molar-refractivity contribution >= 4 is 46.1 Å². The highest BCUT2D eigenvalue weighted by Crippen LogP contribution is 2.30. The molecule has 63 heavy (non-hydrogen) atoms. The molecular weight excluding hydrogens is 817 g/mol. The number of ether oxygens (including phenoxy) is 2. The number of thiazole rings is 1. The lowest BCUT2D eigenvalue weighted by atomic mass is 9.85. The van der Waals surface area contributed by atoms with Gasteiger partial charge >= 0.3 is 5.97 Å². The van der Waals surface area contributed by atoms with Crippen LogP contribution in [0.25, 0.3) is 27.4 Å². The molecule has 0 bridgehead atoms. The van der Waals surface area contributed by atoms with E-state index < -0.39 is 35.8 Å². The summed E-state index contributed by atoms with van der Waals surface area (Å²) in [5, 5.41) is 29.6. The largest absolute Gasteiger partial charge is 0.466 e. The number of hydrogen-bond acceptors (Lipinski definition) is 11. The van der Waals surface area contributed by atoms with Crippen LogP contribution >= 0.6 is 11.3 Å². The number of methoxy groups -OCH3 is 1. The normalized spacial score (nSPS) is 17.1. The minimum Gasteiger partial charge on any atom is -0.466 e. The molecule has 5 atom stereocenters. The summed E-state index contributed by atoms with van der Waals surface area (Å²) < 4.78 is 10.7. The predicted octanol–water partition coefficient (Wildman–Crippen LogP) is 6.40. The van der Waals surface area contributed by atoms with Crippen LogP contribution in [0.3, 0.4) is 0 Å². The van der Waals surface area contributed by atoms with Gasteiger partial charge in [-0.1, -0.05) is 87.5 Å². The number of β-amino-alcohol motifs (C(OH)–C–C–N with tert-alkyl or cyclic N) is 1. The van der Waals surface area contributed by atoms with Gasteiger partial charge in [-0.05, 0) is 72.1 Å². The average Bonchev–Trinajstić information content (AvgIpc) is 4.01. The summed E-state index contributed by atoms with van der Waals surface area (Å²) >= 11 is 1.59. The van der Waals surface area contributed by atoms with Crippen molar-refractivity contribution < 1.29 is 34.1 Å². The molecule has 0 aliphatic carbocycles. The number of rotatable bonds is 20.